The molecule has 0 aliphatic heterocycles. The van der Waals surface area contributed by atoms with Crippen LogP contribution < -0.4 is 0 Å². The zero-order valence-electron chi connectivity index (χ0n) is 12.0. The van der Waals surface area contributed by atoms with Crippen LogP contribution in [-0.4, -0.2) is 24.4 Å². The van der Waals surface area contributed by atoms with Crippen molar-refractivity contribution in [2.75, 3.05) is 0 Å². The standard InChI is InChI=1S/C15H17BrN4O/c1-3-12-14(16)13(19(2)18-12)8-20-7-10(9-21)11-5-4-6-17-15(11)20/h4-7,21H,3,8-9H2,1-2H3. The van der Waals surface area contributed by atoms with E-state index in [1.165, 1.54) is 0 Å². The second-order valence-electron chi connectivity index (χ2n) is 5.00. The highest BCUT2D eigenvalue weighted by Gasteiger charge is 2.15. The number of rotatable bonds is 4. The molecule has 3 aromatic heterocycles. The molecule has 0 atom stereocenters. The summed E-state index contributed by atoms with van der Waals surface area (Å²) in [4.78, 5) is 4.44. The van der Waals surface area contributed by atoms with Gasteiger partial charge in [0, 0.05) is 30.4 Å². The van der Waals surface area contributed by atoms with Gasteiger partial charge >= 0.3 is 0 Å². The monoisotopic (exact) mass is 348 g/mol. The van der Waals surface area contributed by atoms with Crippen molar-refractivity contribution < 1.29 is 5.11 Å². The molecule has 0 aliphatic carbocycles. The van der Waals surface area contributed by atoms with Gasteiger partial charge in [-0.1, -0.05) is 6.92 Å². The van der Waals surface area contributed by atoms with E-state index in [4.69, 9.17) is 0 Å². The molecule has 0 aromatic carbocycles. The molecule has 110 valence electrons. The molecule has 0 radical (unpaired) electrons. The molecule has 6 heteroatoms. The van der Waals surface area contributed by atoms with Crippen LogP contribution >= 0.6 is 15.9 Å². The molecule has 5 nitrogen and oxygen atoms in total. The van der Waals surface area contributed by atoms with Gasteiger partial charge in [-0.05, 0) is 34.5 Å². The summed E-state index contributed by atoms with van der Waals surface area (Å²) in [5.41, 5.74) is 3.93. The molecule has 3 aromatic rings. The fourth-order valence-corrected chi connectivity index (χ4v) is 3.34. The molecule has 0 aliphatic rings. The molecule has 3 rings (SSSR count). The zero-order chi connectivity index (χ0) is 15.0. The summed E-state index contributed by atoms with van der Waals surface area (Å²) in [6.07, 6.45) is 4.62. The number of hydrogen-bond donors (Lipinski definition) is 1. The zero-order valence-corrected chi connectivity index (χ0v) is 13.6. The number of halogens is 1. The van der Waals surface area contributed by atoms with Crippen molar-refractivity contribution in [3.05, 3.63) is 46.0 Å². The van der Waals surface area contributed by atoms with Crippen LogP contribution in [-0.2, 0) is 26.6 Å². The van der Waals surface area contributed by atoms with Gasteiger partial charge in [-0.15, -0.1) is 0 Å². The van der Waals surface area contributed by atoms with Crippen LogP contribution in [0.5, 0.6) is 0 Å². The number of aryl methyl sites for hydroxylation is 2. The van der Waals surface area contributed by atoms with Gasteiger partial charge in [-0.25, -0.2) is 4.98 Å². The van der Waals surface area contributed by atoms with Gasteiger partial charge in [0.05, 0.1) is 29.0 Å². The molecular weight excluding hydrogens is 332 g/mol. The van der Waals surface area contributed by atoms with E-state index in [0.29, 0.717) is 6.54 Å². The number of hydrogen-bond acceptors (Lipinski definition) is 3. The molecule has 0 saturated carbocycles. The van der Waals surface area contributed by atoms with E-state index >= 15 is 0 Å². The van der Waals surface area contributed by atoms with Gasteiger partial charge in [-0.2, -0.15) is 5.10 Å². The maximum absolute atomic E-state index is 9.50. The van der Waals surface area contributed by atoms with Gasteiger partial charge in [0.15, 0.2) is 0 Å². The Kier molecular flexibility index (Phi) is 3.82. The third-order valence-electron chi connectivity index (χ3n) is 3.71. The van der Waals surface area contributed by atoms with E-state index in [9.17, 15) is 5.11 Å². The predicted octanol–water partition coefficient (Wildman–Crippen LogP) is 2.64. The van der Waals surface area contributed by atoms with Gasteiger partial charge in [-0.3, -0.25) is 4.68 Å². The molecule has 0 unspecified atom stereocenters. The largest absolute Gasteiger partial charge is 0.392 e. The molecule has 0 saturated heterocycles. The minimum absolute atomic E-state index is 0.0158. The molecular formula is C15H17BrN4O. The van der Waals surface area contributed by atoms with Crippen LogP contribution in [0, 0.1) is 0 Å². The van der Waals surface area contributed by atoms with Crippen molar-refractivity contribution in [3.63, 3.8) is 0 Å². The van der Waals surface area contributed by atoms with Crippen molar-refractivity contribution in [3.8, 4) is 0 Å². The smallest absolute Gasteiger partial charge is 0.140 e. The lowest BCUT2D eigenvalue weighted by molar-refractivity contribution is 0.283. The molecule has 0 fully saturated rings. The van der Waals surface area contributed by atoms with Crippen LogP contribution in [0.15, 0.2) is 29.0 Å². The highest BCUT2D eigenvalue weighted by Crippen LogP contribution is 2.25. The third-order valence-corrected chi connectivity index (χ3v) is 4.63. The summed E-state index contributed by atoms with van der Waals surface area (Å²) in [6, 6.07) is 3.88. The summed E-state index contributed by atoms with van der Waals surface area (Å²) in [5, 5.41) is 15.0. The Balaban J connectivity index is 2.08. The molecule has 3 heterocycles. The lowest BCUT2D eigenvalue weighted by Crippen LogP contribution is -2.05. The number of aliphatic hydroxyl groups excluding tert-OH is 1. The van der Waals surface area contributed by atoms with E-state index in [2.05, 4.69) is 37.5 Å². The van der Waals surface area contributed by atoms with E-state index in [1.807, 2.05) is 30.1 Å². The second-order valence-corrected chi connectivity index (χ2v) is 5.79. The fourth-order valence-electron chi connectivity index (χ4n) is 2.59. The first-order valence-electron chi connectivity index (χ1n) is 6.89. The van der Waals surface area contributed by atoms with Crippen molar-refractivity contribution in [1.29, 1.82) is 0 Å². The minimum atomic E-state index is 0.0158. The number of nitrogens with zero attached hydrogens (tertiary/aromatic N) is 4. The molecule has 0 amide bonds. The first-order chi connectivity index (χ1) is 10.2. The van der Waals surface area contributed by atoms with Crippen molar-refractivity contribution in [1.82, 2.24) is 19.3 Å². The highest BCUT2D eigenvalue weighted by molar-refractivity contribution is 9.10. The van der Waals surface area contributed by atoms with Gasteiger partial charge in [0.25, 0.3) is 0 Å². The van der Waals surface area contributed by atoms with Crippen molar-refractivity contribution >= 4 is 27.0 Å². The van der Waals surface area contributed by atoms with E-state index in [0.717, 1.165) is 38.9 Å². The second kappa shape index (κ2) is 5.61. The quantitative estimate of drug-likeness (QED) is 0.788. The summed E-state index contributed by atoms with van der Waals surface area (Å²) in [5.74, 6) is 0. The SMILES string of the molecule is CCc1nn(C)c(Cn2cc(CO)c3cccnc32)c1Br. The van der Waals surface area contributed by atoms with Crippen LogP contribution in [0.2, 0.25) is 0 Å². The van der Waals surface area contributed by atoms with Crippen molar-refractivity contribution in [2.45, 2.75) is 26.5 Å². The number of pyridine rings is 1. The summed E-state index contributed by atoms with van der Waals surface area (Å²) >= 11 is 3.64. The third kappa shape index (κ3) is 2.38. The van der Waals surface area contributed by atoms with Gasteiger partial charge in [0.2, 0.25) is 0 Å². The number of fused-ring (bicyclic) bond motifs is 1. The number of aliphatic hydroxyl groups is 1. The lowest BCUT2D eigenvalue weighted by atomic mass is 10.2. The molecule has 0 spiro atoms. The maximum atomic E-state index is 9.50. The van der Waals surface area contributed by atoms with E-state index < -0.39 is 0 Å². The first-order valence-corrected chi connectivity index (χ1v) is 7.68. The lowest BCUT2D eigenvalue weighted by Gasteiger charge is -2.06. The maximum Gasteiger partial charge on any atom is 0.140 e. The topological polar surface area (TPSA) is 55.9 Å². The molecule has 21 heavy (non-hydrogen) atoms. The Labute approximate surface area is 131 Å². The molecule has 1 N–H and O–H groups in total. The van der Waals surface area contributed by atoms with Crippen LogP contribution in [0.25, 0.3) is 11.0 Å². The van der Waals surface area contributed by atoms with Crippen LogP contribution in [0.1, 0.15) is 23.9 Å². The number of aromatic nitrogens is 4. The van der Waals surface area contributed by atoms with Crippen LogP contribution in [0.3, 0.4) is 0 Å². The average molecular weight is 349 g/mol. The predicted molar refractivity (Wildman–Crippen MR) is 85.0 cm³/mol. The Bertz CT molecular complexity index is 790. The summed E-state index contributed by atoms with van der Waals surface area (Å²) < 4.78 is 5.01. The first kappa shape index (κ1) is 14.3. The highest BCUT2D eigenvalue weighted by atomic mass is 79.9. The fraction of sp³-hybridized carbons (Fsp3) is 0.333. The Morgan fingerprint density at radius 3 is 2.86 bits per heavy atom. The van der Waals surface area contributed by atoms with Gasteiger partial charge in [0.1, 0.15) is 5.65 Å². The summed E-state index contributed by atoms with van der Waals surface area (Å²) in [6.45, 7) is 2.77. The van der Waals surface area contributed by atoms with E-state index in [1.54, 1.807) is 6.20 Å². The average Bonchev–Trinajstić information content (AvgIpc) is 2.99. The Morgan fingerprint density at radius 2 is 2.19 bits per heavy atom. The molecule has 0 bridgehead atoms. The summed E-state index contributed by atoms with van der Waals surface area (Å²) in [7, 11) is 1.95. The van der Waals surface area contributed by atoms with Crippen LogP contribution in [0.4, 0.5) is 0 Å². The minimum Gasteiger partial charge on any atom is -0.392 e. The van der Waals surface area contributed by atoms with Crippen molar-refractivity contribution in [2.24, 2.45) is 7.05 Å². The normalized spacial score (nSPS) is 11.4. The Morgan fingerprint density at radius 1 is 1.38 bits per heavy atom. The Hall–Kier alpha value is -1.66. The van der Waals surface area contributed by atoms with Gasteiger partial charge < -0.3 is 9.67 Å². The van der Waals surface area contributed by atoms with E-state index in [-0.39, 0.29) is 6.61 Å².